The van der Waals surface area contributed by atoms with Crippen molar-refractivity contribution >= 4 is 17.5 Å². The molecule has 29 heavy (non-hydrogen) atoms. The molecule has 0 spiro atoms. The van der Waals surface area contributed by atoms with Crippen LogP contribution in [0, 0.1) is 12.8 Å². The number of amides is 2. The van der Waals surface area contributed by atoms with Crippen LogP contribution in [-0.2, 0) is 22.7 Å². The van der Waals surface area contributed by atoms with Crippen LogP contribution < -0.4 is 4.90 Å². The first-order chi connectivity index (χ1) is 14.1. The van der Waals surface area contributed by atoms with E-state index >= 15 is 0 Å². The molecule has 3 aromatic rings. The molecule has 2 heterocycles. The number of nitrogens with zero attached hydrogens (tertiary/aromatic N) is 2. The minimum Gasteiger partial charge on any atom is -0.467 e. The Bertz CT molecular complexity index is 965. The molecule has 0 aliphatic carbocycles. The maximum atomic E-state index is 13.4. The largest absolute Gasteiger partial charge is 0.467 e. The number of furan rings is 1. The minimum absolute atomic E-state index is 0.0231. The fourth-order valence-electron chi connectivity index (χ4n) is 3.69. The predicted octanol–water partition coefficient (Wildman–Crippen LogP) is 4.17. The van der Waals surface area contributed by atoms with Crippen LogP contribution in [0.1, 0.15) is 23.3 Å². The number of carbonyl (C=O) groups excluding carboxylic acids is 2. The number of carbonyl (C=O) groups is 2. The predicted molar refractivity (Wildman–Crippen MR) is 111 cm³/mol. The summed E-state index contributed by atoms with van der Waals surface area (Å²) in [4.78, 5) is 29.4. The number of hydrogen-bond donors (Lipinski definition) is 0. The average Bonchev–Trinajstić information content (AvgIpc) is 3.38. The first-order valence-corrected chi connectivity index (χ1v) is 9.82. The monoisotopic (exact) mass is 388 g/mol. The molecule has 2 aromatic carbocycles. The highest BCUT2D eigenvalue weighted by atomic mass is 16.3. The van der Waals surface area contributed by atoms with E-state index in [1.807, 2.05) is 73.7 Å². The summed E-state index contributed by atoms with van der Waals surface area (Å²) in [7, 11) is 0. The van der Waals surface area contributed by atoms with E-state index in [4.69, 9.17) is 4.42 Å². The summed E-state index contributed by atoms with van der Waals surface area (Å²) in [6, 6.07) is 21.3. The molecule has 1 atom stereocenters. The summed E-state index contributed by atoms with van der Waals surface area (Å²) in [6.07, 6.45) is 1.84. The highest BCUT2D eigenvalue weighted by Gasteiger charge is 2.37. The van der Waals surface area contributed by atoms with Gasteiger partial charge in [-0.15, -0.1) is 0 Å². The molecule has 5 nitrogen and oxygen atoms in total. The molecule has 1 unspecified atom stereocenters. The number of aryl methyl sites for hydroxylation is 1. The Balaban J connectivity index is 1.50. The molecule has 1 aliphatic rings. The maximum absolute atomic E-state index is 13.4. The van der Waals surface area contributed by atoms with E-state index in [1.54, 1.807) is 16.1 Å². The zero-order valence-corrected chi connectivity index (χ0v) is 16.5. The third kappa shape index (κ3) is 4.40. The van der Waals surface area contributed by atoms with Crippen LogP contribution in [-0.4, -0.2) is 23.3 Å². The summed E-state index contributed by atoms with van der Waals surface area (Å²) in [5.74, 6) is 0.327. The molecule has 5 heteroatoms. The lowest BCUT2D eigenvalue weighted by molar-refractivity contribution is -0.128. The molecule has 0 radical (unpaired) electrons. The normalized spacial score (nSPS) is 16.2. The molecule has 1 fully saturated rings. The van der Waals surface area contributed by atoms with Gasteiger partial charge >= 0.3 is 0 Å². The number of likely N-dealkylation sites (tertiary alicyclic amines) is 1. The van der Waals surface area contributed by atoms with Gasteiger partial charge in [0.05, 0.1) is 18.7 Å². The number of rotatable bonds is 6. The van der Waals surface area contributed by atoms with Crippen LogP contribution in [0.5, 0.6) is 0 Å². The second kappa shape index (κ2) is 8.35. The van der Waals surface area contributed by atoms with Crippen molar-refractivity contribution in [3.63, 3.8) is 0 Å². The summed E-state index contributed by atoms with van der Waals surface area (Å²) in [5, 5.41) is 0. The molecule has 0 bridgehead atoms. The fraction of sp³-hybridized carbons (Fsp3) is 0.250. The summed E-state index contributed by atoms with van der Waals surface area (Å²) in [5.41, 5.74) is 3.07. The van der Waals surface area contributed by atoms with E-state index < -0.39 is 0 Å². The van der Waals surface area contributed by atoms with Crippen LogP contribution in [0.4, 0.5) is 5.69 Å². The first-order valence-electron chi connectivity index (χ1n) is 9.82. The van der Waals surface area contributed by atoms with Crippen molar-refractivity contribution in [3.8, 4) is 0 Å². The van der Waals surface area contributed by atoms with Crippen molar-refractivity contribution in [1.82, 2.24) is 4.90 Å². The van der Waals surface area contributed by atoms with E-state index in [0.717, 1.165) is 11.3 Å². The molecule has 2 amide bonds. The van der Waals surface area contributed by atoms with Crippen LogP contribution in [0.15, 0.2) is 77.4 Å². The first kappa shape index (κ1) is 19.0. The van der Waals surface area contributed by atoms with Gasteiger partial charge in [-0.25, -0.2) is 0 Å². The zero-order valence-electron chi connectivity index (χ0n) is 16.5. The molecule has 148 valence electrons. The van der Waals surface area contributed by atoms with E-state index in [1.165, 1.54) is 5.56 Å². The lowest BCUT2D eigenvalue weighted by Gasteiger charge is -2.25. The quantitative estimate of drug-likeness (QED) is 0.637. The third-order valence-electron chi connectivity index (χ3n) is 5.29. The highest BCUT2D eigenvalue weighted by molar-refractivity contribution is 5.98. The molecule has 1 aliphatic heterocycles. The van der Waals surface area contributed by atoms with Gasteiger partial charge in [0.2, 0.25) is 11.8 Å². The standard InChI is InChI=1S/C24H24N2O3/c1-18-9-11-19(12-10-18)15-25-16-20(14-23(25)27)24(28)26(17-22-8-5-13-29-22)21-6-3-2-4-7-21/h2-13,20H,14-17H2,1H3. The molecule has 1 saturated heterocycles. The second-order valence-electron chi connectivity index (χ2n) is 7.50. The summed E-state index contributed by atoms with van der Waals surface area (Å²) < 4.78 is 5.46. The Morgan fingerprint density at radius 1 is 1.07 bits per heavy atom. The second-order valence-corrected chi connectivity index (χ2v) is 7.50. The van der Waals surface area contributed by atoms with E-state index in [9.17, 15) is 9.59 Å². The van der Waals surface area contributed by atoms with Gasteiger partial charge in [-0.2, -0.15) is 0 Å². The van der Waals surface area contributed by atoms with Crippen molar-refractivity contribution in [2.45, 2.75) is 26.4 Å². The van der Waals surface area contributed by atoms with Gasteiger partial charge in [0.25, 0.3) is 0 Å². The Kier molecular flexibility index (Phi) is 5.47. The van der Waals surface area contributed by atoms with Crippen LogP contribution in [0.2, 0.25) is 0 Å². The van der Waals surface area contributed by atoms with Gasteiger partial charge < -0.3 is 14.2 Å². The maximum Gasteiger partial charge on any atom is 0.232 e. The van der Waals surface area contributed by atoms with Crippen molar-refractivity contribution in [3.05, 3.63) is 89.9 Å². The number of hydrogen-bond acceptors (Lipinski definition) is 3. The van der Waals surface area contributed by atoms with Crippen molar-refractivity contribution in [2.24, 2.45) is 5.92 Å². The summed E-state index contributed by atoms with van der Waals surface area (Å²) >= 11 is 0. The van der Waals surface area contributed by atoms with Crippen LogP contribution in [0.3, 0.4) is 0 Å². The molecule has 4 rings (SSSR count). The minimum atomic E-state index is -0.358. The van der Waals surface area contributed by atoms with E-state index in [0.29, 0.717) is 25.4 Å². The Labute approximate surface area is 170 Å². The van der Waals surface area contributed by atoms with Crippen molar-refractivity contribution in [2.75, 3.05) is 11.4 Å². The summed E-state index contributed by atoms with van der Waals surface area (Å²) in [6.45, 7) is 3.36. The molecule has 0 N–H and O–H groups in total. The van der Waals surface area contributed by atoms with Crippen molar-refractivity contribution in [1.29, 1.82) is 0 Å². The Morgan fingerprint density at radius 2 is 1.83 bits per heavy atom. The number of anilines is 1. The van der Waals surface area contributed by atoms with E-state index in [-0.39, 0.29) is 24.2 Å². The molecular formula is C24H24N2O3. The molecule has 1 aromatic heterocycles. The number of para-hydroxylation sites is 1. The molecule has 0 saturated carbocycles. The zero-order chi connectivity index (χ0) is 20.2. The van der Waals surface area contributed by atoms with E-state index in [2.05, 4.69) is 0 Å². The van der Waals surface area contributed by atoms with Crippen LogP contribution >= 0.6 is 0 Å². The Morgan fingerprint density at radius 3 is 2.52 bits per heavy atom. The van der Waals surface area contributed by atoms with Gasteiger partial charge in [0.1, 0.15) is 5.76 Å². The smallest absolute Gasteiger partial charge is 0.232 e. The van der Waals surface area contributed by atoms with Crippen molar-refractivity contribution < 1.29 is 14.0 Å². The lowest BCUT2D eigenvalue weighted by atomic mass is 10.1. The Hall–Kier alpha value is -3.34. The number of benzene rings is 2. The van der Waals surface area contributed by atoms with Gasteiger partial charge in [-0.3, -0.25) is 9.59 Å². The topological polar surface area (TPSA) is 53.8 Å². The average molecular weight is 388 g/mol. The van der Waals surface area contributed by atoms with Gasteiger partial charge in [-0.1, -0.05) is 48.0 Å². The van der Waals surface area contributed by atoms with Gasteiger partial charge in [0.15, 0.2) is 0 Å². The highest BCUT2D eigenvalue weighted by Crippen LogP contribution is 2.26. The van der Waals surface area contributed by atoms with Gasteiger partial charge in [0, 0.05) is 25.2 Å². The fourth-order valence-corrected chi connectivity index (χ4v) is 3.69. The van der Waals surface area contributed by atoms with Gasteiger partial charge in [-0.05, 0) is 36.8 Å². The third-order valence-corrected chi connectivity index (χ3v) is 5.29. The van der Waals surface area contributed by atoms with Crippen LogP contribution in [0.25, 0.3) is 0 Å². The lowest BCUT2D eigenvalue weighted by Crippen LogP contribution is -2.37. The molecular weight excluding hydrogens is 364 g/mol. The SMILES string of the molecule is Cc1ccc(CN2CC(C(=O)N(Cc3ccco3)c3ccccc3)CC2=O)cc1.